The molecule has 4 rings (SSSR count). The van der Waals surface area contributed by atoms with E-state index in [-0.39, 0.29) is 11.8 Å². The molecule has 0 saturated heterocycles. The number of carbonyl (C=O) groups excluding carboxylic acids is 2. The van der Waals surface area contributed by atoms with Crippen molar-refractivity contribution in [1.82, 2.24) is 19.9 Å². The van der Waals surface area contributed by atoms with Crippen LogP contribution in [0.15, 0.2) is 64.3 Å². The summed E-state index contributed by atoms with van der Waals surface area (Å²) in [6.45, 7) is -0.906. The number of hydrogen-bond acceptors (Lipinski definition) is 6. The number of nitrogens with one attached hydrogen (secondary N) is 3. The first kappa shape index (κ1) is 21.1. The van der Waals surface area contributed by atoms with Gasteiger partial charge < -0.3 is 30.3 Å². The van der Waals surface area contributed by atoms with Crippen molar-refractivity contribution in [3.8, 4) is 0 Å². The number of hydrogen-bond donors (Lipinski definition) is 4. The predicted octanol–water partition coefficient (Wildman–Crippen LogP) is -0.818. The third-order valence-electron chi connectivity index (χ3n) is 5.32. The maximum absolute atomic E-state index is 13.2. The SMILES string of the molecule is O=C([O-])[C@H](CO)NC(=O)[C@H](Cc1c[nH]c2ccccc12)n1c(=O)[nH]c2ccccc2c1=O. The van der Waals surface area contributed by atoms with Gasteiger partial charge in [-0.05, 0) is 23.8 Å². The summed E-state index contributed by atoms with van der Waals surface area (Å²) in [5.74, 6) is -2.60. The van der Waals surface area contributed by atoms with Crippen molar-refractivity contribution < 1.29 is 19.8 Å². The molecule has 0 aliphatic heterocycles. The van der Waals surface area contributed by atoms with Crippen LogP contribution >= 0.6 is 0 Å². The van der Waals surface area contributed by atoms with E-state index in [0.29, 0.717) is 11.1 Å². The molecule has 32 heavy (non-hydrogen) atoms. The third-order valence-corrected chi connectivity index (χ3v) is 5.32. The molecule has 2 atom stereocenters. The second kappa shape index (κ2) is 8.52. The standard InChI is InChI=1S/C22H20N4O6/c27-11-17(21(30)31)24-19(28)18(9-12-10-23-15-7-3-1-5-13(12)15)26-20(29)14-6-2-4-8-16(14)25-22(26)32/h1-8,10,17-18,23,27H,9,11H2,(H,24,28)(H,25,32)(H,30,31)/p-1/t17-,18-/m0/s1. The molecule has 0 aliphatic rings. The molecular weight excluding hydrogens is 416 g/mol. The van der Waals surface area contributed by atoms with Crippen LogP contribution in [0.2, 0.25) is 0 Å². The molecule has 10 nitrogen and oxygen atoms in total. The fourth-order valence-electron chi connectivity index (χ4n) is 3.72. The number of aliphatic hydroxyl groups excluding tert-OH is 1. The molecule has 164 valence electrons. The fraction of sp³-hybridized carbons (Fsp3) is 0.182. The average Bonchev–Trinajstić information content (AvgIpc) is 3.19. The monoisotopic (exact) mass is 435 g/mol. The number of para-hydroxylation sites is 2. The van der Waals surface area contributed by atoms with Crippen LogP contribution in [0, 0.1) is 0 Å². The Morgan fingerprint density at radius 2 is 1.69 bits per heavy atom. The molecule has 2 aromatic carbocycles. The molecule has 0 radical (unpaired) electrons. The highest BCUT2D eigenvalue weighted by Gasteiger charge is 2.28. The first-order chi connectivity index (χ1) is 15.4. The number of aliphatic carboxylic acids is 1. The zero-order valence-electron chi connectivity index (χ0n) is 16.7. The Hall–Kier alpha value is -4.18. The Morgan fingerprint density at radius 1 is 1.03 bits per heavy atom. The number of carboxylic acids is 1. The van der Waals surface area contributed by atoms with E-state index in [0.717, 1.165) is 15.5 Å². The average molecular weight is 435 g/mol. The Bertz CT molecular complexity index is 1430. The lowest BCUT2D eigenvalue weighted by molar-refractivity contribution is -0.309. The van der Waals surface area contributed by atoms with E-state index in [9.17, 15) is 29.4 Å². The minimum Gasteiger partial charge on any atom is -0.548 e. The minimum absolute atomic E-state index is 0.0810. The number of carbonyl (C=O) groups is 2. The number of nitrogens with zero attached hydrogens (tertiary/aromatic N) is 1. The topological polar surface area (TPSA) is 160 Å². The van der Waals surface area contributed by atoms with E-state index in [2.05, 4.69) is 15.3 Å². The maximum atomic E-state index is 13.2. The van der Waals surface area contributed by atoms with Crippen LogP contribution in [0.4, 0.5) is 0 Å². The van der Waals surface area contributed by atoms with Gasteiger partial charge in [0.25, 0.3) is 5.56 Å². The van der Waals surface area contributed by atoms with Crippen molar-refractivity contribution in [3.63, 3.8) is 0 Å². The normalized spacial score (nSPS) is 13.2. The largest absolute Gasteiger partial charge is 0.548 e. The lowest BCUT2D eigenvalue weighted by Gasteiger charge is -2.23. The van der Waals surface area contributed by atoms with Crippen molar-refractivity contribution in [2.45, 2.75) is 18.5 Å². The molecule has 4 N–H and O–H groups in total. The number of carboxylic acid groups (broad SMARTS) is 1. The van der Waals surface area contributed by atoms with Gasteiger partial charge in [0.05, 0.1) is 29.5 Å². The Kier molecular flexibility index (Phi) is 5.61. The van der Waals surface area contributed by atoms with Crippen LogP contribution in [0.1, 0.15) is 11.6 Å². The van der Waals surface area contributed by atoms with E-state index < -0.39 is 41.8 Å². The van der Waals surface area contributed by atoms with Crippen molar-refractivity contribution in [1.29, 1.82) is 0 Å². The summed E-state index contributed by atoms with van der Waals surface area (Å²) in [7, 11) is 0. The summed E-state index contributed by atoms with van der Waals surface area (Å²) in [5, 5.41) is 23.6. The predicted molar refractivity (Wildman–Crippen MR) is 114 cm³/mol. The number of rotatable bonds is 7. The van der Waals surface area contributed by atoms with Crippen LogP contribution in [0.5, 0.6) is 0 Å². The molecular formula is C22H19N4O6-. The van der Waals surface area contributed by atoms with Gasteiger partial charge in [0.2, 0.25) is 5.91 Å². The first-order valence-corrected chi connectivity index (χ1v) is 9.81. The second-order valence-corrected chi connectivity index (χ2v) is 7.29. The molecule has 0 aliphatic carbocycles. The number of benzene rings is 2. The number of aromatic amines is 2. The van der Waals surface area contributed by atoms with Crippen molar-refractivity contribution >= 4 is 33.7 Å². The molecule has 2 heterocycles. The Balaban J connectivity index is 1.85. The fourth-order valence-corrected chi connectivity index (χ4v) is 3.72. The van der Waals surface area contributed by atoms with Gasteiger partial charge in [0.15, 0.2) is 0 Å². The highest BCUT2D eigenvalue weighted by molar-refractivity contribution is 5.88. The molecule has 10 heteroatoms. The molecule has 0 saturated carbocycles. The van der Waals surface area contributed by atoms with Gasteiger partial charge in [0, 0.05) is 23.5 Å². The van der Waals surface area contributed by atoms with Gasteiger partial charge in [0.1, 0.15) is 6.04 Å². The van der Waals surface area contributed by atoms with Gasteiger partial charge in [-0.1, -0.05) is 30.3 Å². The van der Waals surface area contributed by atoms with Crippen molar-refractivity contribution in [3.05, 3.63) is 81.1 Å². The van der Waals surface area contributed by atoms with E-state index in [1.165, 1.54) is 6.07 Å². The quantitative estimate of drug-likeness (QED) is 0.297. The van der Waals surface area contributed by atoms with Crippen LogP contribution in [-0.4, -0.2) is 44.2 Å². The van der Waals surface area contributed by atoms with Crippen LogP contribution in [-0.2, 0) is 16.0 Å². The summed E-state index contributed by atoms with van der Waals surface area (Å²) in [4.78, 5) is 55.9. The summed E-state index contributed by atoms with van der Waals surface area (Å²) in [6.07, 6.45) is 1.58. The molecule has 0 unspecified atom stereocenters. The zero-order chi connectivity index (χ0) is 22.8. The van der Waals surface area contributed by atoms with E-state index in [1.54, 1.807) is 24.4 Å². The molecule has 1 amide bonds. The first-order valence-electron chi connectivity index (χ1n) is 9.81. The van der Waals surface area contributed by atoms with E-state index in [4.69, 9.17) is 0 Å². The van der Waals surface area contributed by atoms with E-state index >= 15 is 0 Å². The van der Waals surface area contributed by atoms with Gasteiger partial charge in [-0.25, -0.2) is 9.36 Å². The number of amides is 1. The van der Waals surface area contributed by atoms with Crippen LogP contribution in [0.25, 0.3) is 21.8 Å². The maximum Gasteiger partial charge on any atom is 0.329 e. The zero-order valence-corrected chi connectivity index (χ0v) is 16.7. The lowest BCUT2D eigenvalue weighted by atomic mass is 10.0. The Morgan fingerprint density at radius 3 is 2.38 bits per heavy atom. The van der Waals surface area contributed by atoms with Crippen LogP contribution < -0.4 is 21.7 Å². The Labute approximate surface area is 180 Å². The summed E-state index contributed by atoms with van der Waals surface area (Å²) in [5.41, 5.74) is 0.243. The number of H-pyrrole nitrogens is 2. The number of fused-ring (bicyclic) bond motifs is 2. The summed E-state index contributed by atoms with van der Waals surface area (Å²) in [6, 6.07) is 10.6. The third kappa shape index (κ3) is 3.79. The second-order valence-electron chi connectivity index (χ2n) is 7.29. The van der Waals surface area contributed by atoms with Gasteiger partial charge in [-0.3, -0.25) is 9.59 Å². The van der Waals surface area contributed by atoms with E-state index in [1.807, 2.05) is 24.3 Å². The molecule has 4 aromatic rings. The highest BCUT2D eigenvalue weighted by atomic mass is 16.4. The van der Waals surface area contributed by atoms with Crippen LogP contribution in [0.3, 0.4) is 0 Å². The van der Waals surface area contributed by atoms with Gasteiger partial charge in [-0.15, -0.1) is 0 Å². The van der Waals surface area contributed by atoms with Crippen molar-refractivity contribution in [2.24, 2.45) is 0 Å². The lowest BCUT2D eigenvalue weighted by Crippen LogP contribution is -2.54. The number of aromatic nitrogens is 3. The molecule has 0 bridgehead atoms. The summed E-state index contributed by atoms with van der Waals surface area (Å²) < 4.78 is 0.767. The smallest absolute Gasteiger partial charge is 0.329 e. The number of aliphatic hydroxyl groups is 1. The van der Waals surface area contributed by atoms with Crippen molar-refractivity contribution in [2.75, 3.05) is 6.61 Å². The van der Waals surface area contributed by atoms with Gasteiger partial charge in [-0.2, -0.15) is 0 Å². The molecule has 0 fully saturated rings. The minimum atomic E-state index is -1.69. The molecule has 0 spiro atoms. The molecule has 2 aromatic heterocycles. The van der Waals surface area contributed by atoms with Gasteiger partial charge >= 0.3 is 5.69 Å². The highest BCUT2D eigenvalue weighted by Crippen LogP contribution is 2.22. The summed E-state index contributed by atoms with van der Waals surface area (Å²) >= 11 is 0.